The van der Waals surface area contributed by atoms with Crippen LogP contribution in [0, 0.1) is 0 Å². The Balaban J connectivity index is 2.16. The molecule has 1 heterocycles. The van der Waals surface area contributed by atoms with Gasteiger partial charge in [0.2, 0.25) is 0 Å². The van der Waals surface area contributed by atoms with E-state index in [1.165, 1.54) is 4.88 Å². The first-order valence-corrected chi connectivity index (χ1v) is 7.73. The molecule has 0 spiro atoms. The number of nitrogens with zero attached hydrogens (tertiary/aromatic N) is 1. The predicted molar refractivity (Wildman–Crippen MR) is 85.3 cm³/mol. The second-order valence-electron chi connectivity index (χ2n) is 5.66. The molecule has 2 rings (SSSR count). The van der Waals surface area contributed by atoms with E-state index in [9.17, 15) is 0 Å². The van der Waals surface area contributed by atoms with Crippen LogP contribution in [-0.2, 0) is 6.54 Å². The van der Waals surface area contributed by atoms with Gasteiger partial charge in [-0.1, -0.05) is 12.1 Å². The summed E-state index contributed by atoms with van der Waals surface area (Å²) in [6.45, 7) is 10.0. The van der Waals surface area contributed by atoms with E-state index < -0.39 is 0 Å². The summed E-state index contributed by atoms with van der Waals surface area (Å²) in [6, 6.07) is 8.06. The molecule has 0 aliphatic rings. The quantitative estimate of drug-likeness (QED) is 0.900. The summed E-state index contributed by atoms with van der Waals surface area (Å²) < 4.78 is 5.67. The first-order chi connectivity index (χ1) is 9.49. The van der Waals surface area contributed by atoms with E-state index in [2.05, 4.69) is 37.1 Å². The Morgan fingerprint density at radius 1 is 1.25 bits per heavy atom. The summed E-state index contributed by atoms with van der Waals surface area (Å²) in [5, 5.41) is 4.50. The van der Waals surface area contributed by atoms with E-state index in [-0.39, 0.29) is 5.54 Å². The average molecular weight is 290 g/mol. The Bertz CT molecular complexity index is 558. The maximum atomic E-state index is 5.67. The van der Waals surface area contributed by atoms with Gasteiger partial charge < -0.3 is 10.1 Å². The molecule has 0 saturated heterocycles. The summed E-state index contributed by atoms with van der Waals surface area (Å²) in [6.07, 6.45) is 1.95. The van der Waals surface area contributed by atoms with Crippen LogP contribution in [0.25, 0.3) is 10.6 Å². The van der Waals surface area contributed by atoms with Gasteiger partial charge in [-0.2, -0.15) is 0 Å². The molecule has 0 amide bonds. The van der Waals surface area contributed by atoms with Gasteiger partial charge in [0.25, 0.3) is 0 Å². The molecule has 1 aromatic heterocycles. The monoisotopic (exact) mass is 290 g/mol. The molecule has 2 aromatic rings. The van der Waals surface area contributed by atoms with Gasteiger partial charge in [0.1, 0.15) is 10.8 Å². The van der Waals surface area contributed by atoms with E-state index in [0.29, 0.717) is 6.61 Å². The fourth-order valence-corrected chi connectivity index (χ4v) is 2.67. The van der Waals surface area contributed by atoms with Crippen molar-refractivity contribution in [3.8, 4) is 16.3 Å². The molecule has 20 heavy (non-hydrogen) atoms. The Morgan fingerprint density at radius 3 is 2.70 bits per heavy atom. The molecule has 3 nitrogen and oxygen atoms in total. The molecule has 0 unspecified atom stereocenters. The van der Waals surface area contributed by atoms with Crippen LogP contribution in [0.15, 0.2) is 30.5 Å². The third-order valence-electron chi connectivity index (χ3n) is 2.76. The van der Waals surface area contributed by atoms with Gasteiger partial charge in [-0.05, 0) is 39.8 Å². The summed E-state index contributed by atoms with van der Waals surface area (Å²) in [5.74, 6) is 0.902. The molecule has 0 bridgehead atoms. The Labute approximate surface area is 125 Å². The molecule has 0 atom stereocenters. The number of hydrogen-bond acceptors (Lipinski definition) is 4. The highest BCUT2D eigenvalue weighted by Gasteiger charge is 2.12. The first-order valence-electron chi connectivity index (χ1n) is 6.91. The van der Waals surface area contributed by atoms with Gasteiger partial charge in [0, 0.05) is 23.2 Å². The van der Waals surface area contributed by atoms with Crippen LogP contribution < -0.4 is 10.1 Å². The lowest BCUT2D eigenvalue weighted by Crippen LogP contribution is -2.34. The standard InChI is InChI=1S/C16H22N2OS/c1-5-19-14-9-7-6-8-13(14)15-17-10-12(20-15)11-18-16(2,3)4/h6-10,18H,5,11H2,1-4H3. The van der Waals surface area contributed by atoms with Gasteiger partial charge in [-0.3, -0.25) is 0 Å². The number of para-hydroxylation sites is 1. The minimum Gasteiger partial charge on any atom is -0.493 e. The maximum Gasteiger partial charge on any atom is 0.129 e. The minimum absolute atomic E-state index is 0.118. The second kappa shape index (κ2) is 6.37. The molecular formula is C16H22N2OS. The third-order valence-corrected chi connectivity index (χ3v) is 3.79. The van der Waals surface area contributed by atoms with E-state index in [0.717, 1.165) is 22.9 Å². The third kappa shape index (κ3) is 4.05. The molecule has 0 aliphatic carbocycles. The minimum atomic E-state index is 0.118. The zero-order valence-corrected chi connectivity index (χ0v) is 13.4. The second-order valence-corrected chi connectivity index (χ2v) is 6.78. The summed E-state index contributed by atoms with van der Waals surface area (Å²) >= 11 is 1.71. The number of ether oxygens (including phenoxy) is 1. The fourth-order valence-electron chi connectivity index (χ4n) is 1.79. The normalized spacial score (nSPS) is 11.6. The van der Waals surface area contributed by atoms with E-state index >= 15 is 0 Å². The topological polar surface area (TPSA) is 34.1 Å². The summed E-state index contributed by atoms with van der Waals surface area (Å²) in [5.41, 5.74) is 1.19. The predicted octanol–water partition coefficient (Wildman–Crippen LogP) is 4.10. The van der Waals surface area contributed by atoms with Crippen molar-refractivity contribution < 1.29 is 4.74 Å². The Morgan fingerprint density at radius 2 is 2.00 bits per heavy atom. The van der Waals surface area contributed by atoms with E-state index in [4.69, 9.17) is 4.74 Å². The zero-order valence-electron chi connectivity index (χ0n) is 12.6. The highest BCUT2D eigenvalue weighted by Crippen LogP contribution is 2.32. The van der Waals surface area contributed by atoms with Crippen molar-refractivity contribution in [1.29, 1.82) is 0 Å². The van der Waals surface area contributed by atoms with Crippen LogP contribution in [0.1, 0.15) is 32.6 Å². The number of thiazole rings is 1. The Hall–Kier alpha value is -1.39. The van der Waals surface area contributed by atoms with Crippen molar-refractivity contribution in [1.82, 2.24) is 10.3 Å². The van der Waals surface area contributed by atoms with Crippen LogP contribution in [0.4, 0.5) is 0 Å². The molecule has 0 fully saturated rings. The average Bonchev–Trinajstić information content (AvgIpc) is 2.85. The number of nitrogens with one attached hydrogen (secondary N) is 1. The van der Waals surface area contributed by atoms with Crippen molar-refractivity contribution in [2.75, 3.05) is 6.61 Å². The van der Waals surface area contributed by atoms with Gasteiger partial charge >= 0.3 is 0 Å². The lowest BCUT2D eigenvalue weighted by atomic mass is 10.1. The summed E-state index contributed by atoms with van der Waals surface area (Å²) in [7, 11) is 0. The fraction of sp³-hybridized carbons (Fsp3) is 0.438. The molecule has 1 N–H and O–H groups in total. The molecular weight excluding hydrogens is 268 g/mol. The van der Waals surface area contributed by atoms with Crippen LogP contribution in [0.5, 0.6) is 5.75 Å². The number of benzene rings is 1. The van der Waals surface area contributed by atoms with Crippen molar-refractivity contribution >= 4 is 11.3 Å². The first kappa shape index (κ1) is 15.0. The van der Waals surface area contributed by atoms with Crippen molar-refractivity contribution in [3.05, 3.63) is 35.3 Å². The van der Waals surface area contributed by atoms with Crippen molar-refractivity contribution in [2.24, 2.45) is 0 Å². The lowest BCUT2D eigenvalue weighted by molar-refractivity contribution is 0.341. The van der Waals surface area contributed by atoms with Gasteiger partial charge in [0.15, 0.2) is 0 Å². The van der Waals surface area contributed by atoms with Crippen LogP contribution >= 0.6 is 11.3 Å². The molecule has 108 valence electrons. The van der Waals surface area contributed by atoms with Gasteiger partial charge in [-0.25, -0.2) is 4.98 Å². The van der Waals surface area contributed by atoms with Crippen LogP contribution in [0.3, 0.4) is 0 Å². The van der Waals surface area contributed by atoms with Crippen molar-refractivity contribution in [2.45, 2.75) is 39.8 Å². The molecule has 4 heteroatoms. The number of hydrogen-bond donors (Lipinski definition) is 1. The van der Waals surface area contributed by atoms with E-state index in [1.807, 2.05) is 31.3 Å². The van der Waals surface area contributed by atoms with Gasteiger partial charge in [-0.15, -0.1) is 11.3 Å². The number of rotatable bonds is 5. The highest BCUT2D eigenvalue weighted by molar-refractivity contribution is 7.15. The SMILES string of the molecule is CCOc1ccccc1-c1ncc(CNC(C)(C)C)s1. The smallest absolute Gasteiger partial charge is 0.129 e. The molecule has 1 aromatic carbocycles. The van der Waals surface area contributed by atoms with Crippen LogP contribution in [-0.4, -0.2) is 17.1 Å². The highest BCUT2D eigenvalue weighted by atomic mass is 32.1. The van der Waals surface area contributed by atoms with Crippen LogP contribution in [0.2, 0.25) is 0 Å². The Kier molecular flexibility index (Phi) is 4.78. The number of aromatic nitrogens is 1. The molecule has 0 aliphatic heterocycles. The van der Waals surface area contributed by atoms with Gasteiger partial charge in [0.05, 0.1) is 12.2 Å². The van der Waals surface area contributed by atoms with E-state index in [1.54, 1.807) is 11.3 Å². The van der Waals surface area contributed by atoms with Crippen molar-refractivity contribution in [3.63, 3.8) is 0 Å². The zero-order chi connectivity index (χ0) is 14.6. The molecule has 0 radical (unpaired) electrons. The molecule has 0 saturated carbocycles. The largest absolute Gasteiger partial charge is 0.493 e. The lowest BCUT2D eigenvalue weighted by Gasteiger charge is -2.19. The maximum absolute atomic E-state index is 5.67. The summed E-state index contributed by atoms with van der Waals surface area (Å²) in [4.78, 5) is 5.77.